The number of nitrogens with zero attached hydrogens (tertiary/aromatic N) is 1. The van der Waals surface area contributed by atoms with Gasteiger partial charge in [0.25, 0.3) is 5.91 Å². The predicted octanol–water partition coefficient (Wildman–Crippen LogP) is 1.97. The number of benzene rings is 1. The second kappa shape index (κ2) is 5.71. The number of rotatable bonds is 4. The van der Waals surface area contributed by atoms with Gasteiger partial charge in [-0.2, -0.15) is 0 Å². The molecule has 104 valence electrons. The average molecular weight is 272 g/mol. The van der Waals surface area contributed by atoms with Crippen molar-refractivity contribution >= 4 is 17.4 Å². The fraction of sp³-hybridized carbons (Fsp3) is 0.200. The molecule has 1 aromatic heterocycles. The van der Waals surface area contributed by atoms with Crippen LogP contribution in [0, 0.1) is 0 Å². The van der Waals surface area contributed by atoms with Crippen molar-refractivity contribution in [2.45, 2.75) is 13.5 Å². The Labute approximate surface area is 116 Å². The highest BCUT2D eigenvalue weighted by Crippen LogP contribution is 2.14. The minimum atomic E-state index is -0.296. The van der Waals surface area contributed by atoms with Gasteiger partial charge in [-0.3, -0.25) is 9.59 Å². The molecule has 0 saturated carbocycles. The summed E-state index contributed by atoms with van der Waals surface area (Å²) in [7, 11) is 1.71. The molecule has 0 unspecified atom stereocenters. The Hall–Kier alpha value is -2.40. The third kappa shape index (κ3) is 2.95. The van der Waals surface area contributed by atoms with Gasteiger partial charge in [0.05, 0.1) is 6.61 Å². The Morgan fingerprint density at radius 1 is 1.30 bits per heavy atom. The predicted molar refractivity (Wildman–Crippen MR) is 75.7 cm³/mol. The lowest BCUT2D eigenvalue weighted by Gasteiger charge is -2.07. The van der Waals surface area contributed by atoms with E-state index in [1.807, 2.05) is 0 Å². The first kappa shape index (κ1) is 14.0. The largest absolute Gasteiger partial charge is 0.392 e. The summed E-state index contributed by atoms with van der Waals surface area (Å²) in [5, 5.41) is 11.8. The first-order chi connectivity index (χ1) is 9.51. The zero-order valence-corrected chi connectivity index (χ0v) is 11.4. The van der Waals surface area contributed by atoms with E-state index in [1.165, 1.54) is 6.92 Å². The van der Waals surface area contributed by atoms with E-state index in [1.54, 1.807) is 48.1 Å². The quantitative estimate of drug-likeness (QED) is 0.836. The molecule has 0 bridgehead atoms. The van der Waals surface area contributed by atoms with Crippen molar-refractivity contribution in [3.63, 3.8) is 0 Å². The molecule has 2 N–H and O–H groups in total. The van der Waals surface area contributed by atoms with Crippen LogP contribution in [0.15, 0.2) is 36.5 Å². The van der Waals surface area contributed by atoms with Crippen LogP contribution in [0.4, 0.5) is 5.69 Å². The van der Waals surface area contributed by atoms with Gasteiger partial charge in [0, 0.05) is 24.5 Å². The molecule has 0 atom stereocenters. The smallest absolute Gasteiger partial charge is 0.272 e. The monoisotopic (exact) mass is 272 g/mol. The van der Waals surface area contributed by atoms with Crippen LogP contribution in [0.1, 0.15) is 33.3 Å². The summed E-state index contributed by atoms with van der Waals surface area (Å²) in [6.45, 7) is 1.38. The second-order valence-electron chi connectivity index (χ2n) is 4.59. The van der Waals surface area contributed by atoms with E-state index in [-0.39, 0.29) is 18.3 Å². The molecule has 1 heterocycles. The molecule has 2 aromatic rings. The summed E-state index contributed by atoms with van der Waals surface area (Å²) in [4.78, 5) is 23.5. The number of aliphatic hydroxyl groups is 1. The number of aromatic nitrogens is 1. The lowest BCUT2D eigenvalue weighted by molar-refractivity contribution is 0.101. The molecule has 0 aliphatic rings. The number of hydrogen-bond donors (Lipinski definition) is 2. The number of nitrogens with one attached hydrogen (secondary N) is 1. The van der Waals surface area contributed by atoms with Crippen LogP contribution in [0.3, 0.4) is 0 Å². The van der Waals surface area contributed by atoms with Crippen LogP contribution in [0.2, 0.25) is 0 Å². The third-order valence-corrected chi connectivity index (χ3v) is 3.01. The fourth-order valence-electron chi connectivity index (χ4n) is 1.93. The van der Waals surface area contributed by atoms with E-state index in [4.69, 9.17) is 5.11 Å². The number of carbonyl (C=O) groups excluding carboxylic acids is 2. The van der Waals surface area contributed by atoms with Gasteiger partial charge in [0.15, 0.2) is 5.78 Å². The van der Waals surface area contributed by atoms with E-state index in [0.717, 1.165) is 5.56 Å². The maximum atomic E-state index is 12.2. The van der Waals surface area contributed by atoms with Crippen molar-refractivity contribution < 1.29 is 14.7 Å². The molecule has 0 spiro atoms. The normalized spacial score (nSPS) is 10.3. The molecule has 0 aliphatic carbocycles. The summed E-state index contributed by atoms with van der Waals surface area (Å²) >= 11 is 0. The average Bonchev–Trinajstić information content (AvgIpc) is 2.81. The summed E-state index contributed by atoms with van der Waals surface area (Å²) in [6, 6.07) is 8.53. The Balaban J connectivity index is 2.21. The molecular weight excluding hydrogens is 256 g/mol. The van der Waals surface area contributed by atoms with Gasteiger partial charge in [-0.05, 0) is 30.7 Å². The molecule has 1 aromatic carbocycles. The lowest BCUT2D eigenvalue weighted by atomic mass is 10.2. The highest BCUT2D eigenvalue weighted by Gasteiger charge is 2.14. The highest BCUT2D eigenvalue weighted by molar-refractivity contribution is 6.05. The van der Waals surface area contributed by atoms with Crippen molar-refractivity contribution in [1.29, 1.82) is 0 Å². The van der Waals surface area contributed by atoms with Gasteiger partial charge >= 0.3 is 0 Å². The number of ketones is 1. The molecule has 5 nitrogen and oxygen atoms in total. The minimum absolute atomic E-state index is 0.0810. The zero-order chi connectivity index (χ0) is 14.7. The molecule has 20 heavy (non-hydrogen) atoms. The van der Waals surface area contributed by atoms with Crippen LogP contribution in [-0.4, -0.2) is 21.4 Å². The topological polar surface area (TPSA) is 71.3 Å². The molecule has 0 fully saturated rings. The van der Waals surface area contributed by atoms with Gasteiger partial charge in [-0.25, -0.2) is 0 Å². The van der Waals surface area contributed by atoms with Gasteiger partial charge in [-0.15, -0.1) is 0 Å². The van der Waals surface area contributed by atoms with Crippen molar-refractivity contribution in [2.24, 2.45) is 7.05 Å². The van der Waals surface area contributed by atoms with E-state index in [2.05, 4.69) is 5.32 Å². The van der Waals surface area contributed by atoms with Crippen molar-refractivity contribution in [3.8, 4) is 0 Å². The first-order valence-corrected chi connectivity index (χ1v) is 6.19. The van der Waals surface area contributed by atoms with E-state index in [0.29, 0.717) is 16.9 Å². The maximum absolute atomic E-state index is 12.2. The van der Waals surface area contributed by atoms with E-state index >= 15 is 0 Å². The standard InChI is InChI=1S/C15H16N2O3/c1-10(19)12-7-14(17(2)8-12)15(20)16-13-5-3-4-11(6-13)9-18/h3-8,18H,9H2,1-2H3,(H,16,20). The maximum Gasteiger partial charge on any atom is 0.272 e. The highest BCUT2D eigenvalue weighted by atomic mass is 16.3. The van der Waals surface area contributed by atoms with Gasteiger partial charge in [-0.1, -0.05) is 12.1 Å². The molecule has 0 radical (unpaired) electrons. The minimum Gasteiger partial charge on any atom is -0.392 e. The number of anilines is 1. The number of hydrogen-bond acceptors (Lipinski definition) is 3. The summed E-state index contributed by atoms with van der Waals surface area (Å²) in [6.07, 6.45) is 1.63. The number of Topliss-reactive ketones (excluding diaryl/α,β-unsaturated/α-hetero) is 1. The zero-order valence-electron chi connectivity index (χ0n) is 11.4. The Kier molecular flexibility index (Phi) is 4.00. The SMILES string of the molecule is CC(=O)c1cc(C(=O)Nc2cccc(CO)c2)n(C)c1. The first-order valence-electron chi connectivity index (χ1n) is 6.19. The summed E-state index contributed by atoms with van der Waals surface area (Å²) in [5.41, 5.74) is 2.23. The van der Waals surface area contributed by atoms with Crippen molar-refractivity contribution in [1.82, 2.24) is 4.57 Å². The van der Waals surface area contributed by atoms with Crippen LogP contribution in [0.5, 0.6) is 0 Å². The van der Waals surface area contributed by atoms with Gasteiger partial charge in [0.1, 0.15) is 5.69 Å². The third-order valence-electron chi connectivity index (χ3n) is 3.01. The number of aliphatic hydroxyl groups excluding tert-OH is 1. The fourth-order valence-corrected chi connectivity index (χ4v) is 1.93. The van der Waals surface area contributed by atoms with Gasteiger partial charge < -0.3 is 15.0 Å². The molecule has 1 amide bonds. The van der Waals surface area contributed by atoms with E-state index in [9.17, 15) is 9.59 Å². The van der Waals surface area contributed by atoms with Crippen molar-refractivity contribution in [3.05, 3.63) is 53.3 Å². The summed E-state index contributed by atoms with van der Waals surface area (Å²) < 4.78 is 1.61. The second-order valence-corrected chi connectivity index (χ2v) is 4.59. The number of aryl methyl sites for hydroxylation is 1. The van der Waals surface area contributed by atoms with E-state index < -0.39 is 0 Å². The number of amides is 1. The Bertz CT molecular complexity index is 659. The van der Waals surface area contributed by atoms with Gasteiger partial charge in [0.2, 0.25) is 0 Å². The number of carbonyl (C=O) groups is 2. The molecule has 2 rings (SSSR count). The van der Waals surface area contributed by atoms with Crippen LogP contribution >= 0.6 is 0 Å². The molecule has 0 aliphatic heterocycles. The molecule has 0 saturated heterocycles. The van der Waals surface area contributed by atoms with Crippen molar-refractivity contribution in [2.75, 3.05) is 5.32 Å². The Morgan fingerprint density at radius 3 is 2.65 bits per heavy atom. The molecular formula is C15H16N2O3. The van der Waals surface area contributed by atoms with Crippen LogP contribution in [-0.2, 0) is 13.7 Å². The summed E-state index contributed by atoms with van der Waals surface area (Å²) in [5.74, 6) is -0.378. The lowest BCUT2D eigenvalue weighted by Crippen LogP contribution is -2.15. The molecule has 5 heteroatoms. The van der Waals surface area contributed by atoms with Crippen LogP contribution < -0.4 is 5.32 Å². The Morgan fingerprint density at radius 2 is 2.05 bits per heavy atom. The van der Waals surface area contributed by atoms with Crippen LogP contribution in [0.25, 0.3) is 0 Å².